The molecule has 0 aromatic heterocycles. The average molecular weight is 225 g/mol. The lowest BCUT2D eigenvalue weighted by molar-refractivity contribution is -0.158. The molecule has 0 heterocycles. The Labute approximate surface area is 95.2 Å². The first-order chi connectivity index (χ1) is 7.44. The molecular formula is C12H19NO3. The van der Waals surface area contributed by atoms with Crippen molar-refractivity contribution < 1.29 is 14.7 Å². The fourth-order valence-corrected chi connectivity index (χ4v) is 3.47. The van der Waals surface area contributed by atoms with Gasteiger partial charge in [0, 0.05) is 0 Å². The van der Waals surface area contributed by atoms with E-state index in [2.05, 4.69) is 6.92 Å². The Morgan fingerprint density at radius 3 is 2.25 bits per heavy atom. The quantitative estimate of drug-likeness (QED) is 0.764. The van der Waals surface area contributed by atoms with Crippen molar-refractivity contribution in [3.63, 3.8) is 0 Å². The second kappa shape index (κ2) is 3.47. The van der Waals surface area contributed by atoms with Crippen LogP contribution >= 0.6 is 0 Å². The van der Waals surface area contributed by atoms with E-state index in [1.807, 2.05) is 0 Å². The van der Waals surface area contributed by atoms with Crippen LogP contribution in [0.3, 0.4) is 0 Å². The van der Waals surface area contributed by atoms with Crippen molar-refractivity contribution in [1.29, 1.82) is 0 Å². The number of carboxylic acid groups (broad SMARTS) is 1. The Bertz CT molecular complexity index is 335. The Kier molecular flexibility index (Phi) is 2.48. The largest absolute Gasteiger partial charge is 0.481 e. The number of hydrogen-bond acceptors (Lipinski definition) is 2. The molecule has 0 spiro atoms. The summed E-state index contributed by atoms with van der Waals surface area (Å²) < 4.78 is 0. The Morgan fingerprint density at radius 2 is 1.88 bits per heavy atom. The lowest BCUT2D eigenvalue weighted by atomic mass is 9.60. The van der Waals surface area contributed by atoms with E-state index in [9.17, 15) is 14.7 Å². The van der Waals surface area contributed by atoms with Crippen molar-refractivity contribution in [2.24, 2.45) is 22.5 Å². The van der Waals surface area contributed by atoms with Crippen molar-refractivity contribution >= 4 is 11.9 Å². The van der Waals surface area contributed by atoms with Crippen molar-refractivity contribution in [1.82, 2.24) is 0 Å². The van der Waals surface area contributed by atoms with Crippen LogP contribution in [0.4, 0.5) is 0 Å². The van der Waals surface area contributed by atoms with Gasteiger partial charge in [0.2, 0.25) is 5.91 Å². The monoisotopic (exact) mass is 225 g/mol. The predicted octanol–water partition coefficient (Wildman–Crippen LogP) is 1.53. The second-order valence-electron chi connectivity index (χ2n) is 5.54. The van der Waals surface area contributed by atoms with E-state index >= 15 is 0 Å². The molecule has 2 fully saturated rings. The molecule has 2 aliphatic rings. The lowest BCUT2D eigenvalue weighted by Gasteiger charge is -2.42. The van der Waals surface area contributed by atoms with Gasteiger partial charge in [-0.3, -0.25) is 9.59 Å². The van der Waals surface area contributed by atoms with Gasteiger partial charge in [0.25, 0.3) is 0 Å². The van der Waals surface area contributed by atoms with Gasteiger partial charge in [0.1, 0.15) is 0 Å². The molecule has 0 aromatic rings. The normalized spacial score (nSPS) is 36.7. The number of nitrogens with two attached hydrogens (primary N) is 1. The molecule has 0 aromatic carbocycles. The van der Waals surface area contributed by atoms with E-state index in [1.54, 1.807) is 0 Å². The summed E-state index contributed by atoms with van der Waals surface area (Å²) in [6.45, 7) is 2.08. The molecule has 4 nitrogen and oxygen atoms in total. The van der Waals surface area contributed by atoms with Crippen LogP contribution < -0.4 is 5.73 Å². The molecule has 2 unspecified atom stereocenters. The van der Waals surface area contributed by atoms with Gasteiger partial charge in [-0.25, -0.2) is 0 Å². The minimum absolute atomic E-state index is 0.401. The third-order valence-corrected chi connectivity index (χ3v) is 4.54. The highest BCUT2D eigenvalue weighted by Gasteiger charge is 2.67. The fourth-order valence-electron chi connectivity index (χ4n) is 3.47. The van der Waals surface area contributed by atoms with E-state index in [-0.39, 0.29) is 0 Å². The molecule has 3 N–H and O–H groups in total. The number of carbonyl (C=O) groups is 2. The van der Waals surface area contributed by atoms with Crippen LogP contribution in [-0.4, -0.2) is 17.0 Å². The molecule has 0 radical (unpaired) electrons. The third kappa shape index (κ3) is 1.35. The van der Waals surface area contributed by atoms with Gasteiger partial charge >= 0.3 is 5.97 Å². The first-order valence-corrected chi connectivity index (χ1v) is 5.98. The zero-order valence-electron chi connectivity index (χ0n) is 9.66. The molecule has 16 heavy (non-hydrogen) atoms. The maximum absolute atomic E-state index is 11.8. The summed E-state index contributed by atoms with van der Waals surface area (Å²) in [5.74, 6) is -0.836. The SMILES string of the molecule is CC1CCCC(C(N)=O)(C2(C(=O)O)CC2)C1. The summed E-state index contributed by atoms with van der Waals surface area (Å²) in [6, 6.07) is 0. The lowest BCUT2D eigenvalue weighted by Crippen LogP contribution is -2.50. The highest BCUT2D eigenvalue weighted by Crippen LogP contribution is 2.64. The van der Waals surface area contributed by atoms with Crippen molar-refractivity contribution in [2.75, 3.05) is 0 Å². The molecular weight excluding hydrogens is 206 g/mol. The molecule has 90 valence electrons. The number of rotatable bonds is 3. The average Bonchev–Trinajstić information content (AvgIpc) is 2.97. The van der Waals surface area contributed by atoms with Crippen molar-refractivity contribution in [2.45, 2.75) is 45.4 Å². The Morgan fingerprint density at radius 1 is 1.25 bits per heavy atom. The summed E-state index contributed by atoms with van der Waals surface area (Å²) in [5, 5.41) is 9.35. The van der Waals surface area contributed by atoms with Crippen LogP contribution in [0.1, 0.15) is 45.4 Å². The summed E-state index contributed by atoms with van der Waals surface area (Å²) >= 11 is 0. The number of hydrogen-bond donors (Lipinski definition) is 2. The van der Waals surface area contributed by atoms with Crippen LogP contribution in [0, 0.1) is 16.7 Å². The molecule has 0 saturated heterocycles. The molecule has 0 bridgehead atoms. The van der Waals surface area contributed by atoms with Gasteiger partial charge in [0.15, 0.2) is 0 Å². The van der Waals surface area contributed by atoms with Crippen LogP contribution in [0.5, 0.6) is 0 Å². The first kappa shape index (κ1) is 11.4. The molecule has 2 saturated carbocycles. The van der Waals surface area contributed by atoms with E-state index in [0.717, 1.165) is 12.8 Å². The van der Waals surface area contributed by atoms with Crippen molar-refractivity contribution in [3.05, 3.63) is 0 Å². The van der Waals surface area contributed by atoms with E-state index in [0.29, 0.717) is 31.6 Å². The zero-order chi connectivity index (χ0) is 12.0. The molecule has 2 aliphatic carbocycles. The molecule has 4 heteroatoms. The van der Waals surface area contributed by atoms with Gasteiger partial charge in [-0.1, -0.05) is 19.8 Å². The van der Waals surface area contributed by atoms with Gasteiger partial charge < -0.3 is 10.8 Å². The minimum atomic E-state index is -0.840. The third-order valence-electron chi connectivity index (χ3n) is 4.54. The van der Waals surface area contributed by atoms with Gasteiger partial charge in [-0.15, -0.1) is 0 Å². The standard InChI is InChI=1S/C12H19NO3/c1-8-3-2-4-12(7-8,9(13)14)11(5-6-11)10(15)16/h8H,2-7H2,1H3,(H2,13,14)(H,15,16). The topological polar surface area (TPSA) is 80.4 Å². The Balaban J connectivity index is 2.36. The predicted molar refractivity (Wildman–Crippen MR) is 58.6 cm³/mol. The molecule has 1 amide bonds. The molecule has 2 atom stereocenters. The first-order valence-electron chi connectivity index (χ1n) is 5.98. The number of carboxylic acids is 1. The van der Waals surface area contributed by atoms with Crippen LogP contribution in [0.15, 0.2) is 0 Å². The number of carbonyl (C=O) groups excluding carboxylic acids is 1. The summed E-state index contributed by atoms with van der Waals surface area (Å²) in [4.78, 5) is 23.2. The Hall–Kier alpha value is -1.06. The number of primary amides is 1. The maximum Gasteiger partial charge on any atom is 0.310 e. The minimum Gasteiger partial charge on any atom is -0.481 e. The van der Waals surface area contributed by atoms with E-state index in [1.165, 1.54) is 0 Å². The highest BCUT2D eigenvalue weighted by atomic mass is 16.4. The van der Waals surface area contributed by atoms with E-state index in [4.69, 9.17) is 5.73 Å². The van der Waals surface area contributed by atoms with Crippen LogP contribution in [-0.2, 0) is 9.59 Å². The van der Waals surface area contributed by atoms with Crippen LogP contribution in [0.2, 0.25) is 0 Å². The maximum atomic E-state index is 11.8. The fraction of sp³-hybridized carbons (Fsp3) is 0.833. The van der Waals surface area contributed by atoms with E-state index < -0.39 is 22.7 Å². The smallest absolute Gasteiger partial charge is 0.310 e. The van der Waals surface area contributed by atoms with Crippen LogP contribution in [0.25, 0.3) is 0 Å². The van der Waals surface area contributed by atoms with Crippen molar-refractivity contribution in [3.8, 4) is 0 Å². The number of aliphatic carboxylic acids is 1. The second-order valence-corrected chi connectivity index (χ2v) is 5.54. The van der Waals surface area contributed by atoms with Gasteiger partial charge in [-0.05, 0) is 31.6 Å². The molecule has 0 aliphatic heterocycles. The number of amides is 1. The summed E-state index contributed by atoms with van der Waals surface area (Å²) in [7, 11) is 0. The highest BCUT2D eigenvalue weighted by molar-refractivity contribution is 5.91. The summed E-state index contributed by atoms with van der Waals surface area (Å²) in [6.07, 6.45) is 4.51. The van der Waals surface area contributed by atoms with Gasteiger partial charge in [0.05, 0.1) is 10.8 Å². The molecule has 2 rings (SSSR count). The van der Waals surface area contributed by atoms with Gasteiger partial charge in [-0.2, -0.15) is 0 Å². The summed E-state index contributed by atoms with van der Waals surface area (Å²) in [5.41, 5.74) is 3.91. The zero-order valence-corrected chi connectivity index (χ0v) is 9.66.